The third kappa shape index (κ3) is 5.15. The minimum Gasteiger partial charge on any atom is -0.452 e. The van der Waals surface area contributed by atoms with E-state index in [0.717, 1.165) is 9.83 Å². The molecule has 23 heavy (non-hydrogen) atoms. The molecule has 0 bridgehead atoms. The molecule has 0 unspecified atom stereocenters. The summed E-state index contributed by atoms with van der Waals surface area (Å²) in [7, 11) is -3.23. The summed E-state index contributed by atoms with van der Waals surface area (Å²) in [4.78, 5) is 25.4. The van der Waals surface area contributed by atoms with Gasteiger partial charge in [0.15, 0.2) is 6.61 Å². The molecule has 1 amide bonds. The maximum atomic E-state index is 12.0. The monoisotopic (exact) mass is 452 g/mol. The molecule has 1 aromatic carbocycles. The van der Waals surface area contributed by atoms with Crippen LogP contribution in [0.4, 0.5) is 0 Å². The second kappa shape index (κ2) is 7.58. The molecule has 7 nitrogen and oxygen atoms in total. The van der Waals surface area contributed by atoms with Gasteiger partial charge < -0.3 is 9.64 Å². The standard InChI is InChI=1S/C14H17IN2O5S/c1-23(20,21)17-8-6-16(7-9-17)13(18)10-22-14(19)11-2-4-12(15)5-3-11/h2-5H,6-10H2,1H3. The van der Waals surface area contributed by atoms with Crippen molar-refractivity contribution >= 4 is 44.5 Å². The van der Waals surface area contributed by atoms with Crippen LogP contribution in [0.3, 0.4) is 0 Å². The SMILES string of the molecule is CS(=O)(=O)N1CCN(C(=O)COC(=O)c2ccc(I)cc2)CC1. The Kier molecular flexibility index (Phi) is 5.98. The second-order valence-electron chi connectivity index (χ2n) is 5.13. The van der Waals surface area contributed by atoms with Crippen molar-refractivity contribution in [3.05, 3.63) is 33.4 Å². The van der Waals surface area contributed by atoms with Crippen LogP contribution >= 0.6 is 22.6 Å². The van der Waals surface area contributed by atoms with Gasteiger partial charge in [-0.25, -0.2) is 13.2 Å². The van der Waals surface area contributed by atoms with Gasteiger partial charge in [-0.2, -0.15) is 4.31 Å². The van der Waals surface area contributed by atoms with Crippen LogP contribution in [0, 0.1) is 3.57 Å². The van der Waals surface area contributed by atoms with Gasteiger partial charge in [-0.1, -0.05) is 0 Å². The number of piperazine rings is 1. The van der Waals surface area contributed by atoms with Crippen molar-refractivity contribution in [3.63, 3.8) is 0 Å². The fraction of sp³-hybridized carbons (Fsp3) is 0.429. The minimum atomic E-state index is -3.23. The van der Waals surface area contributed by atoms with Crippen molar-refractivity contribution in [1.82, 2.24) is 9.21 Å². The van der Waals surface area contributed by atoms with E-state index >= 15 is 0 Å². The number of benzene rings is 1. The Bertz CT molecular complexity index is 682. The van der Waals surface area contributed by atoms with Crippen LogP contribution in [0.2, 0.25) is 0 Å². The zero-order valence-electron chi connectivity index (χ0n) is 12.6. The van der Waals surface area contributed by atoms with Gasteiger partial charge >= 0.3 is 5.97 Å². The van der Waals surface area contributed by atoms with Crippen molar-refractivity contribution in [2.45, 2.75) is 0 Å². The molecular weight excluding hydrogens is 435 g/mol. The smallest absolute Gasteiger partial charge is 0.338 e. The van der Waals surface area contributed by atoms with E-state index in [9.17, 15) is 18.0 Å². The predicted molar refractivity (Wildman–Crippen MR) is 92.4 cm³/mol. The minimum absolute atomic E-state index is 0.260. The van der Waals surface area contributed by atoms with Gasteiger partial charge in [-0.15, -0.1) is 0 Å². The number of nitrogens with zero attached hydrogens (tertiary/aromatic N) is 2. The quantitative estimate of drug-likeness (QED) is 0.493. The highest BCUT2D eigenvalue weighted by Crippen LogP contribution is 2.09. The Morgan fingerprint density at radius 3 is 2.22 bits per heavy atom. The fourth-order valence-corrected chi connectivity index (χ4v) is 3.34. The lowest BCUT2D eigenvalue weighted by atomic mass is 10.2. The normalized spacial score (nSPS) is 16.2. The van der Waals surface area contributed by atoms with Crippen LogP contribution in [0.5, 0.6) is 0 Å². The first-order valence-electron chi connectivity index (χ1n) is 6.93. The summed E-state index contributed by atoms with van der Waals surface area (Å²) >= 11 is 2.13. The Hall–Kier alpha value is -1.20. The lowest BCUT2D eigenvalue weighted by molar-refractivity contribution is -0.135. The molecule has 0 saturated carbocycles. The van der Waals surface area contributed by atoms with Crippen molar-refractivity contribution in [3.8, 4) is 0 Å². The lowest BCUT2D eigenvalue weighted by Gasteiger charge is -2.33. The summed E-state index contributed by atoms with van der Waals surface area (Å²) in [6.07, 6.45) is 1.15. The van der Waals surface area contributed by atoms with Gasteiger partial charge in [0.05, 0.1) is 11.8 Å². The van der Waals surface area contributed by atoms with Crippen LogP contribution in [0.15, 0.2) is 24.3 Å². The van der Waals surface area contributed by atoms with Crippen molar-refractivity contribution in [2.24, 2.45) is 0 Å². The Morgan fingerprint density at radius 1 is 1.13 bits per heavy atom. The Morgan fingerprint density at radius 2 is 1.70 bits per heavy atom. The topological polar surface area (TPSA) is 84.0 Å². The number of carbonyl (C=O) groups excluding carboxylic acids is 2. The number of ether oxygens (including phenoxy) is 1. The van der Waals surface area contributed by atoms with E-state index in [4.69, 9.17) is 4.74 Å². The zero-order valence-corrected chi connectivity index (χ0v) is 15.5. The maximum Gasteiger partial charge on any atom is 0.338 e. The molecule has 0 N–H and O–H groups in total. The number of esters is 1. The average Bonchev–Trinajstić information content (AvgIpc) is 2.52. The molecule has 0 atom stereocenters. The van der Waals surface area contributed by atoms with Crippen LogP contribution in [0.1, 0.15) is 10.4 Å². The van der Waals surface area contributed by atoms with Crippen molar-refractivity contribution < 1.29 is 22.7 Å². The first-order chi connectivity index (χ1) is 10.8. The number of halogens is 1. The van der Waals surface area contributed by atoms with Crippen molar-refractivity contribution in [2.75, 3.05) is 39.0 Å². The molecular formula is C14H17IN2O5S. The first-order valence-corrected chi connectivity index (χ1v) is 9.85. The third-order valence-corrected chi connectivity index (χ3v) is 5.49. The van der Waals surface area contributed by atoms with Gasteiger partial charge in [0.2, 0.25) is 10.0 Å². The largest absolute Gasteiger partial charge is 0.452 e. The van der Waals surface area contributed by atoms with E-state index in [-0.39, 0.29) is 25.6 Å². The van der Waals surface area contributed by atoms with Gasteiger partial charge in [0.25, 0.3) is 5.91 Å². The molecule has 1 fully saturated rings. The van der Waals surface area contributed by atoms with Gasteiger partial charge in [0, 0.05) is 29.7 Å². The van der Waals surface area contributed by atoms with E-state index in [1.165, 1.54) is 9.21 Å². The summed E-state index contributed by atoms with van der Waals surface area (Å²) in [5, 5.41) is 0. The number of carbonyl (C=O) groups is 2. The second-order valence-corrected chi connectivity index (χ2v) is 8.35. The van der Waals surface area contributed by atoms with Crippen LogP contribution in [0.25, 0.3) is 0 Å². The van der Waals surface area contributed by atoms with Gasteiger partial charge in [-0.3, -0.25) is 4.79 Å². The Labute approximate surface area is 148 Å². The zero-order chi connectivity index (χ0) is 17.0. The highest BCUT2D eigenvalue weighted by molar-refractivity contribution is 14.1. The summed E-state index contributed by atoms with van der Waals surface area (Å²) in [5.74, 6) is -0.874. The highest BCUT2D eigenvalue weighted by atomic mass is 127. The molecule has 1 aliphatic heterocycles. The summed E-state index contributed by atoms with van der Waals surface area (Å²) in [5.41, 5.74) is 0.389. The van der Waals surface area contributed by atoms with Crippen molar-refractivity contribution in [1.29, 1.82) is 0 Å². The summed E-state index contributed by atoms with van der Waals surface area (Å²) in [6.45, 7) is 0.773. The molecule has 1 aromatic rings. The molecule has 1 saturated heterocycles. The molecule has 0 aromatic heterocycles. The molecule has 0 aliphatic carbocycles. The van der Waals surface area contributed by atoms with E-state index < -0.39 is 16.0 Å². The lowest BCUT2D eigenvalue weighted by Crippen LogP contribution is -2.51. The molecule has 1 heterocycles. The van der Waals surface area contributed by atoms with E-state index in [2.05, 4.69) is 22.6 Å². The summed E-state index contributed by atoms with van der Waals surface area (Å²) in [6, 6.07) is 6.84. The van der Waals surface area contributed by atoms with Gasteiger partial charge in [0.1, 0.15) is 0 Å². The Balaban J connectivity index is 1.82. The number of rotatable bonds is 4. The summed E-state index contributed by atoms with van der Waals surface area (Å²) < 4.78 is 30.2. The molecule has 0 radical (unpaired) electrons. The molecule has 126 valence electrons. The van der Waals surface area contributed by atoms with E-state index in [1.54, 1.807) is 24.3 Å². The number of sulfonamides is 1. The van der Waals surface area contributed by atoms with Gasteiger partial charge in [-0.05, 0) is 46.9 Å². The first kappa shape index (κ1) is 18.1. The molecule has 0 spiro atoms. The number of hydrogen-bond acceptors (Lipinski definition) is 5. The van der Waals surface area contributed by atoms with Crippen LogP contribution in [-0.2, 0) is 19.6 Å². The van der Waals surface area contributed by atoms with Crippen LogP contribution < -0.4 is 0 Å². The number of amides is 1. The number of hydrogen-bond donors (Lipinski definition) is 0. The maximum absolute atomic E-state index is 12.0. The third-order valence-electron chi connectivity index (χ3n) is 3.47. The van der Waals surface area contributed by atoms with E-state index in [1.807, 2.05) is 0 Å². The van der Waals surface area contributed by atoms with E-state index in [0.29, 0.717) is 18.7 Å². The molecule has 2 rings (SSSR count). The molecule has 9 heteroatoms. The fourth-order valence-electron chi connectivity index (χ4n) is 2.16. The average molecular weight is 452 g/mol. The predicted octanol–water partition coefficient (Wildman–Crippen LogP) is 0.552. The highest BCUT2D eigenvalue weighted by Gasteiger charge is 2.26. The van der Waals surface area contributed by atoms with Crippen LogP contribution in [-0.4, -0.2) is 68.5 Å². The molecule has 1 aliphatic rings.